The van der Waals surface area contributed by atoms with E-state index in [-0.39, 0.29) is 18.7 Å². The van der Waals surface area contributed by atoms with Crippen LogP contribution in [0.15, 0.2) is 30.3 Å². The largest absolute Gasteiger partial charge is 0.469 e. The van der Waals surface area contributed by atoms with Crippen LogP contribution in [0.3, 0.4) is 0 Å². The Labute approximate surface area is 136 Å². The molecule has 1 aromatic carbocycles. The summed E-state index contributed by atoms with van der Waals surface area (Å²) >= 11 is 0. The molecule has 0 saturated heterocycles. The number of nitrogens with one attached hydrogen (secondary N) is 1. The number of carbonyl (C=O) groups excluding carboxylic acids is 3. The van der Waals surface area contributed by atoms with Crippen molar-refractivity contribution in [1.29, 1.82) is 0 Å². The highest BCUT2D eigenvalue weighted by molar-refractivity contribution is 5.85. The van der Waals surface area contributed by atoms with E-state index < -0.39 is 23.9 Å². The molecule has 0 aliphatic heterocycles. The Kier molecular flexibility index (Phi) is 7.80. The van der Waals surface area contributed by atoms with E-state index in [1.54, 1.807) is 6.92 Å². The first-order chi connectivity index (χ1) is 11.0. The van der Waals surface area contributed by atoms with Gasteiger partial charge in [0.1, 0.15) is 6.04 Å². The second-order valence-corrected chi connectivity index (χ2v) is 5.31. The predicted octanol–water partition coefficient (Wildman–Crippen LogP) is 1.48. The smallest absolute Gasteiger partial charge is 0.328 e. The summed E-state index contributed by atoms with van der Waals surface area (Å²) < 4.78 is 9.30. The maximum atomic E-state index is 12.1. The highest BCUT2D eigenvalue weighted by atomic mass is 16.5. The lowest BCUT2D eigenvalue weighted by Gasteiger charge is -2.22. The van der Waals surface area contributed by atoms with Crippen molar-refractivity contribution in [3.05, 3.63) is 35.9 Å². The summed E-state index contributed by atoms with van der Waals surface area (Å²) in [6, 6.07) is 8.72. The van der Waals surface area contributed by atoms with Crippen molar-refractivity contribution in [1.82, 2.24) is 5.32 Å². The molecule has 0 heterocycles. The van der Waals surface area contributed by atoms with Gasteiger partial charge in [0.2, 0.25) is 5.91 Å². The first-order valence-corrected chi connectivity index (χ1v) is 7.45. The molecule has 0 saturated carbocycles. The lowest BCUT2D eigenvalue weighted by molar-refractivity contribution is -0.148. The first kappa shape index (κ1) is 18.7. The molecule has 0 fully saturated rings. The molecule has 1 aromatic rings. The Morgan fingerprint density at radius 2 is 1.74 bits per heavy atom. The maximum Gasteiger partial charge on any atom is 0.328 e. The van der Waals surface area contributed by atoms with E-state index in [9.17, 15) is 14.4 Å². The monoisotopic (exact) mass is 321 g/mol. The molecule has 6 heteroatoms. The number of rotatable bonds is 8. The van der Waals surface area contributed by atoms with Gasteiger partial charge in [-0.15, -0.1) is 0 Å². The van der Waals surface area contributed by atoms with E-state index in [1.165, 1.54) is 14.2 Å². The quantitative estimate of drug-likeness (QED) is 0.733. The zero-order valence-electron chi connectivity index (χ0n) is 13.7. The van der Waals surface area contributed by atoms with Crippen LogP contribution in [0.1, 0.15) is 25.3 Å². The van der Waals surface area contributed by atoms with E-state index in [4.69, 9.17) is 4.74 Å². The van der Waals surface area contributed by atoms with Gasteiger partial charge >= 0.3 is 11.9 Å². The molecule has 0 aliphatic rings. The fourth-order valence-corrected chi connectivity index (χ4v) is 2.17. The minimum atomic E-state index is -0.873. The fourth-order valence-electron chi connectivity index (χ4n) is 2.17. The van der Waals surface area contributed by atoms with Gasteiger partial charge in [0.05, 0.1) is 20.6 Å². The number of esters is 2. The first-order valence-electron chi connectivity index (χ1n) is 7.45. The van der Waals surface area contributed by atoms with Crippen LogP contribution in [-0.4, -0.2) is 38.1 Å². The van der Waals surface area contributed by atoms with Crippen molar-refractivity contribution in [2.45, 2.75) is 32.2 Å². The Morgan fingerprint density at radius 1 is 1.09 bits per heavy atom. The minimum Gasteiger partial charge on any atom is -0.469 e. The molecule has 1 N–H and O–H groups in total. The van der Waals surface area contributed by atoms with Crippen molar-refractivity contribution in [3.63, 3.8) is 0 Å². The molecule has 2 atom stereocenters. The SMILES string of the molecule is COC(=O)C[C@@H](C)[C@@H](NC(=O)CCc1ccccc1)C(=O)OC. The lowest BCUT2D eigenvalue weighted by Crippen LogP contribution is -2.46. The number of hydrogen-bond donors (Lipinski definition) is 1. The maximum absolute atomic E-state index is 12.1. The fraction of sp³-hybridized carbons (Fsp3) is 0.471. The topological polar surface area (TPSA) is 81.7 Å². The summed E-state index contributed by atoms with van der Waals surface area (Å²) in [5.41, 5.74) is 1.04. The standard InChI is InChI=1S/C17H23NO5/c1-12(11-15(20)22-2)16(17(21)23-3)18-14(19)10-9-13-7-5-4-6-8-13/h4-8,12,16H,9-11H2,1-3H3,(H,18,19)/t12-,16-/m1/s1. The normalized spacial score (nSPS) is 12.8. The third-order valence-electron chi connectivity index (χ3n) is 3.54. The van der Waals surface area contributed by atoms with E-state index in [1.807, 2.05) is 30.3 Å². The summed E-state index contributed by atoms with van der Waals surface area (Å²) in [5, 5.41) is 2.65. The van der Waals surface area contributed by atoms with Gasteiger partial charge in [-0.3, -0.25) is 9.59 Å². The second kappa shape index (κ2) is 9.61. The Hall–Kier alpha value is -2.37. The van der Waals surface area contributed by atoms with Gasteiger partial charge in [-0.25, -0.2) is 4.79 Å². The number of amides is 1. The van der Waals surface area contributed by atoms with Gasteiger partial charge in [-0.05, 0) is 17.9 Å². The molecule has 0 radical (unpaired) electrons. The molecule has 23 heavy (non-hydrogen) atoms. The van der Waals surface area contributed by atoms with E-state index in [0.29, 0.717) is 6.42 Å². The lowest BCUT2D eigenvalue weighted by atomic mass is 9.98. The molecule has 1 amide bonds. The van der Waals surface area contributed by atoms with E-state index in [0.717, 1.165) is 5.56 Å². The summed E-state index contributed by atoms with van der Waals surface area (Å²) in [6.07, 6.45) is 0.851. The summed E-state index contributed by atoms with van der Waals surface area (Å²) in [7, 11) is 2.52. The van der Waals surface area contributed by atoms with Crippen LogP contribution in [0.4, 0.5) is 0 Å². The number of methoxy groups -OCH3 is 2. The van der Waals surface area contributed by atoms with E-state index in [2.05, 4.69) is 10.1 Å². The van der Waals surface area contributed by atoms with Gasteiger partial charge in [0, 0.05) is 6.42 Å². The zero-order chi connectivity index (χ0) is 17.2. The second-order valence-electron chi connectivity index (χ2n) is 5.31. The third kappa shape index (κ3) is 6.50. The number of benzene rings is 1. The minimum absolute atomic E-state index is 0.0230. The zero-order valence-corrected chi connectivity index (χ0v) is 13.7. The van der Waals surface area contributed by atoms with Gasteiger partial charge in [-0.1, -0.05) is 37.3 Å². The molecule has 1 rings (SSSR count). The number of hydrogen-bond acceptors (Lipinski definition) is 5. The number of carbonyl (C=O) groups is 3. The average Bonchev–Trinajstić information content (AvgIpc) is 2.57. The van der Waals surface area contributed by atoms with Crippen molar-refractivity contribution in [2.75, 3.05) is 14.2 Å². The summed E-state index contributed by atoms with van der Waals surface area (Å²) in [6.45, 7) is 1.69. The molecule has 0 aromatic heterocycles. The van der Waals surface area contributed by atoms with Gasteiger partial charge in [0.25, 0.3) is 0 Å². The third-order valence-corrected chi connectivity index (χ3v) is 3.54. The molecule has 0 aliphatic carbocycles. The molecule has 126 valence electrons. The van der Waals surface area contributed by atoms with Crippen LogP contribution in [0, 0.1) is 5.92 Å². The van der Waals surface area contributed by atoms with Gasteiger partial charge in [-0.2, -0.15) is 0 Å². The summed E-state index contributed by atoms with van der Waals surface area (Å²) in [5.74, 6) is -1.70. The Balaban J connectivity index is 2.60. The molecule has 0 spiro atoms. The molecular formula is C17H23NO5. The van der Waals surface area contributed by atoms with Crippen LogP contribution in [-0.2, 0) is 30.3 Å². The van der Waals surface area contributed by atoms with Crippen LogP contribution >= 0.6 is 0 Å². The summed E-state index contributed by atoms with van der Waals surface area (Å²) in [4.78, 5) is 35.3. The van der Waals surface area contributed by atoms with Crippen molar-refractivity contribution in [2.24, 2.45) is 5.92 Å². The van der Waals surface area contributed by atoms with Gasteiger partial charge < -0.3 is 14.8 Å². The van der Waals surface area contributed by atoms with Crippen molar-refractivity contribution in [3.8, 4) is 0 Å². The highest BCUT2D eigenvalue weighted by Crippen LogP contribution is 2.12. The van der Waals surface area contributed by atoms with Crippen LogP contribution in [0.25, 0.3) is 0 Å². The van der Waals surface area contributed by atoms with Crippen molar-refractivity contribution >= 4 is 17.8 Å². The van der Waals surface area contributed by atoms with Crippen molar-refractivity contribution < 1.29 is 23.9 Å². The van der Waals surface area contributed by atoms with E-state index >= 15 is 0 Å². The predicted molar refractivity (Wildman–Crippen MR) is 84.5 cm³/mol. The van der Waals surface area contributed by atoms with Gasteiger partial charge in [0.15, 0.2) is 0 Å². The van der Waals surface area contributed by atoms with Crippen LogP contribution < -0.4 is 5.32 Å². The highest BCUT2D eigenvalue weighted by Gasteiger charge is 2.29. The molecule has 0 unspecified atom stereocenters. The van der Waals surface area contributed by atoms with Crippen LogP contribution in [0.2, 0.25) is 0 Å². The Bertz CT molecular complexity index is 529. The molecular weight excluding hydrogens is 298 g/mol. The Morgan fingerprint density at radius 3 is 2.30 bits per heavy atom. The van der Waals surface area contributed by atoms with Crippen LogP contribution in [0.5, 0.6) is 0 Å². The number of ether oxygens (including phenoxy) is 2. The average molecular weight is 321 g/mol. The molecule has 0 bridgehead atoms. The number of aryl methyl sites for hydroxylation is 1. The molecule has 6 nitrogen and oxygen atoms in total.